The van der Waals surface area contributed by atoms with Crippen molar-refractivity contribution in [2.45, 2.75) is 33.4 Å². The van der Waals surface area contributed by atoms with Crippen LogP contribution in [0.4, 0.5) is 5.95 Å². The van der Waals surface area contributed by atoms with Crippen molar-refractivity contribution >= 4 is 5.95 Å². The van der Waals surface area contributed by atoms with E-state index in [-0.39, 0.29) is 6.10 Å². The molecule has 0 fully saturated rings. The van der Waals surface area contributed by atoms with E-state index in [9.17, 15) is 0 Å². The van der Waals surface area contributed by atoms with E-state index in [0.29, 0.717) is 13.2 Å². The fraction of sp³-hybridized carbons (Fsp3) is 0.750. The fourth-order valence-corrected chi connectivity index (χ4v) is 1.51. The van der Waals surface area contributed by atoms with Gasteiger partial charge in [-0.15, -0.1) is 0 Å². The summed E-state index contributed by atoms with van der Waals surface area (Å²) in [6.07, 6.45) is 2.29. The van der Waals surface area contributed by atoms with Gasteiger partial charge >= 0.3 is 0 Å². The molecule has 0 bridgehead atoms. The maximum absolute atomic E-state index is 5.47. The summed E-state index contributed by atoms with van der Waals surface area (Å²) in [6.45, 7) is 9.00. The van der Waals surface area contributed by atoms with Gasteiger partial charge in [0.1, 0.15) is 0 Å². The highest BCUT2D eigenvalue weighted by atomic mass is 16.5. The Hall–Kier alpha value is -1.07. The molecule has 0 aliphatic carbocycles. The fourth-order valence-electron chi connectivity index (χ4n) is 1.51. The molecule has 0 saturated heterocycles. The summed E-state index contributed by atoms with van der Waals surface area (Å²) in [5, 5.41) is 3.27. The van der Waals surface area contributed by atoms with Crippen LogP contribution in [0.3, 0.4) is 0 Å². The number of methoxy groups -OCH3 is 1. The molecule has 1 heterocycles. The third-order valence-electron chi connectivity index (χ3n) is 2.27. The zero-order valence-electron chi connectivity index (χ0n) is 11.2. The van der Waals surface area contributed by atoms with Crippen molar-refractivity contribution in [2.24, 2.45) is 0 Å². The van der Waals surface area contributed by atoms with Crippen LogP contribution in [0.15, 0.2) is 6.20 Å². The van der Waals surface area contributed by atoms with Gasteiger partial charge in [0.2, 0.25) is 5.95 Å². The van der Waals surface area contributed by atoms with Crippen molar-refractivity contribution in [1.82, 2.24) is 9.55 Å². The van der Waals surface area contributed by atoms with Crippen LogP contribution in [-0.2, 0) is 16.0 Å². The summed E-state index contributed by atoms with van der Waals surface area (Å²) in [7, 11) is 1.70. The van der Waals surface area contributed by atoms with Gasteiger partial charge in [0.05, 0.1) is 25.0 Å². The van der Waals surface area contributed by atoms with Gasteiger partial charge in [-0.1, -0.05) is 0 Å². The molecule has 1 N–H and O–H groups in total. The number of imidazole rings is 1. The molecule has 5 heteroatoms. The first-order valence-corrected chi connectivity index (χ1v) is 6.01. The summed E-state index contributed by atoms with van der Waals surface area (Å²) in [5.74, 6) is 0.881. The average Bonchev–Trinajstić information content (AvgIpc) is 2.62. The molecule has 0 spiro atoms. The van der Waals surface area contributed by atoms with Gasteiger partial charge in [-0.3, -0.25) is 0 Å². The lowest BCUT2D eigenvalue weighted by atomic mass is 10.5. The van der Waals surface area contributed by atoms with Gasteiger partial charge in [-0.05, 0) is 20.8 Å². The Morgan fingerprint density at radius 2 is 2.18 bits per heavy atom. The highest BCUT2D eigenvalue weighted by molar-refractivity contribution is 5.28. The van der Waals surface area contributed by atoms with Crippen molar-refractivity contribution in [3.8, 4) is 0 Å². The Morgan fingerprint density at radius 1 is 1.41 bits per heavy atom. The summed E-state index contributed by atoms with van der Waals surface area (Å²) >= 11 is 0. The molecule has 98 valence electrons. The molecule has 0 aliphatic heterocycles. The molecular formula is C12H23N3O2. The molecule has 17 heavy (non-hydrogen) atoms. The van der Waals surface area contributed by atoms with E-state index in [0.717, 1.165) is 24.7 Å². The van der Waals surface area contributed by atoms with E-state index in [1.54, 1.807) is 7.11 Å². The number of aryl methyl sites for hydroxylation is 1. The van der Waals surface area contributed by atoms with Crippen molar-refractivity contribution in [1.29, 1.82) is 0 Å². The molecule has 0 amide bonds. The second-order valence-corrected chi connectivity index (χ2v) is 4.24. The summed E-state index contributed by atoms with van der Waals surface area (Å²) in [5.41, 5.74) is 1.01. The van der Waals surface area contributed by atoms with Gasteiger partial charge in [-0.2, -0.15) is 0 Å². The first-order valence-electron chi connectivity index (χ1n) is 6.01. The number of aromatic nitrogens is 2. The van der Waals surface area contributed by atoms with E-state index in [2.05, 4.69) is 14.9 Å². The third kappa shape index (κ3) is 5.19. The van der Waals surface area contributed by atoms with Crippen LogP contribution in [-0.4, -0.2) is 42.5 Å². The number of anilines is 1. The molecule has 1 aromatic heterocycles. The second-order valence-electron chi connectivity index (χ2n) is 4.24. The van der Waals surface area contributed by atoms with Crippen LogP contribution in [0, 0.1) is 6.92 Å². The number of ether oxygens (including phenoxy) is 2. The zero-order valence-corrected chi connectivity index (χ0v) is 11.2. The molecule has 0 aromatic carbocycles. The predicted molar refractivity (Wildman–Crippen MR) is 68.4 cm³/mol. The lowest BCUT2D eigenvalue weighted by Crippen LogP contribution is -2.16. The highest BCUT2D eigenvalue weighted by Gasteiger charge is 2.04. The van der Waals surface area contributed by atoms with Gasteiger partial charge < -0.3 is 19.4 Å². The molecule has 0 aliphatic rings. The lowest BCUT2D eigenvalue weighted by molar-refractivity contribution is 0.0869. The predicted octanol–water partition coefficient (Wildman–Crippen LogP) is 1.67. The molecule has 5 nitrogen and oxygen atoms in total. The van der Waals surface area contributed by atoms with E-state index >= 15 is 0 Å². The van der Waals surface area contributed by atoms with E-state index in [1.165, 1.54) is 0 Å². The van der Waals surface area contributed by atoms with Crippen molar-refractivity contribution < 1.29 is 9.47 Å². The SMILES string of the molecule is COCCn1cc(C)nc1NCCOC(C)C. The molecule has 1 rings (SSSR count). The quantitative estimate of drug-likeness (QED) is 0.703. The minimum absolute atomic E-state index is 0.270. The van der Waals surface area contributed by atoms with Crippen LogP contribution < -0.4 is 5.32 Å². The summed E-state index contributed by atoms with van der Waals surface area (Å²) < 4.78 is 12.6. The highest BCUT2D eigenvalue weighted by Crippen LogP contribution is 2.07. The Balaban J connectivity index is 2.40. The smallest absolute Gasteiger partial charge is 0.203 e. The Morgan fingerprint density at radius 3 is 2.82 bits per heavy atom. The first-order chi connectivity index (χ1) is 8.13. The maximum atomic E-state index is 5.47. The van der Waals surface area contributed by atoms with Crippen LogP contribution in [0.1, 0.15) is 19.5 Å². The number of rotatable bonds is 8. The Labute approximate surface area is 103 Å². The van der Waals surface area contributed by atoms with Gasteiger partial charge in [0, 0.05) is 26.4 Å². The van der Waals surface area contributed by atoms with E-state index < -0.39 is 0 Å². The van der Waals surface area contributed by atoms with Crippen molar-refractivity contribution in [3.63, 3.8) is 0 Å². The maximum Gasteiger partial charge on any atom is 0.203 e. The second kappa shape index (κ2) is 7.29. The Bertz CT molecular complexity index is 324. The van der Waals surface area contributed by atoms with Gasteiger partial charge in [0.25, 0.3) is 0 Å². The molecule has 0 unspecified atom stereocenters. The minimum atomic E-state index is 0.270. The standard InChI is InChI=1S/C12H23N3O2/c1-10(2)17-7-5-13-12-14-11(3)9-15(12)6-8-16-4/h9-10H,5-8H2,1-4H3,(H,13,14). The number of hydrogen-bond acceptors (Lipinski definition) is 4. The van der Waals surface area contributed by atoms with Gasteiger partial charge in [-0.25, -0.2) is 4.98 Å². The third-order valence-corrected chi connectivity index (χ3v) is 2.27. The normalized spacial score (nSPS) is 11.1. The van der Waals surface area contributed by atoms with Crippen LogP contribution >= 0.6 is 0 Å². The largest absolute Gasteiger partial charge is 0.383 e. The summed E-state index contributed by atoms with van der Waals surface area (Å²) in [6, 6.07) is 0. The number of nitrogens with one attached hydrogen (secondary N) is 1. The molecular weight excluding hydrogens is 218 g/mol. The Kier molecular flexibility index (Phi) is 6.00. The van der Waals surface area contributed by atoms with Crippen LogP contribution in [0.5, 0.6) is 0 Å². The zero-order chi connectivity index (χ0) is 12.7. The first kappa shape index (κ1) is 14.0. The topological polar surface area (TPSA) is 48.3 Å². The summed E-state index contributed by atoms with van der Waals surface area (Å²) in [4.78, 5) is 4.42. The molecule has 1 aromatic rings. The van der Waals surface area contributed by atoms with E-state index in [1.807, 2.05) is 27.0 Å². The van der Waals surface area contributed by atoms with Crippen molar-refractivity contribution in [3.05, 3.63) is 11.9 Å². The molecule has 0 radical (unpaired) electrons. The average molecular weight is 241 g/mol. The van der Waals surface area contributed by atoms with Gasteiger partial charge in [0.15, 0.2) is 0 Å². The molecule has 0 atom stereocenters. The van der Waals surface area contributed by atoms with E-state index in [4.69, 9.17) is 9.47 Å². The van der Waals surface area contributed by atoms with Crippen LogP contribution in [0.2, 0.25) is 0 Å². The monoisotopic (exact) mass is 241 g/mol. The van der Waals surface area contributed by atoms with Crippen molar-refractivity contribution in [2.75, 3.05) is 32.2 Å². The lowest BCUT2D eigenvalue weighted by Gasteiger charge is -2.10. The molecule has 0 saturated carbocycles. The minimum Gasteiger partial charge on any atom is -0.383 e. The van der Waals surface area contributed by atoms with Crippen LogP contribution in [0.25, 0.3) is 0 Å². The number of nitrogens with zero attached hydrogens (tertiary/aromatic N) is 2. The number of hydrogen-bond donors (Lipinski definition) is 1.